The Labute approximate surface area is 156 Å². The third-order valence-corrected chi connectivity index (χ3v) is 3.67. The van der Waals surface area contributed by atoms with Crippen molar-refractivity contribution in [2.24, 2.45) is 0 Å². The number of rotatable bonds is 10. The molecule has 134 valence electrons. The molecule has 0 aromatic heterocycles. The van der Waals surface area contributed by atoms with Crippen molar-refractivity contribution in [1.29, 1.82) is 5.26 Å². The molecule has 0 aliphatic carbocycles. The Morgan fingerprint density at radius 3 is 2.80 bits per heavy atom. The normalized spacial score (nSPS) is 10.7. The number of benzene rings is 1. The number of carbonyl (C=O) groups excluding carboxylic acids is 1. The van der Waals surface area contributed by atoms with E-state index in [2.05, 4.69) is 27.8 Å². The van der Waals surface area contributed by atoms with Gasteiger partial charge in [-0.15, -0.1) is 0 Å². The summed E-state index contributed by atoms with van der Waals surface area (Å²) in [5.41, 5.74) is 0.643. The van der Waals surface area contributed by atoms with Crippen LogP contribution in [-0.4, -0.2) is 39.9 Å². The van der Waals surface area contributed by atoms with Crippen molar-refractivity contribution < 1.29 is 19.0 Å². The van der Waals surface area contributed by atoms with Gasteiger partial charge in [0, 0.05) is 20.3 Å². The summed E-state index contributed by atoms with van der Waals surface area (Å²) >= 11 is 3.41. The van der Waals surface area contributed by atoms with Crippen molar-refractivity contribution in [3.63, 3.8) is 0 Å². The molecule has 0 radical (unpaired) electrons. The Hall–Kier alpha value is -2.30. The Morgan fingerprint density at radius 1 is 1.44 bits per heavy atom. The molecule has 1 aromatic carbocycles. The zero-order valence-electron chi connectivity index (χ0n) is 14.3. The maximum absolute atomic E-state index is 12.1. The van der Waals surface area contributed by atoms with Gasteiger partial charge in [-0.2, -0.15) is 5.26 Å². The Bertz CT molecular complexity index is 680. The van der Waals surface area contributed by atoms with Crippen LogP contribution in [0.3, 0.4) is 0 Å². The first kappa shape index (κ1) is 20.7. The van der Waals surface area contributed by atoms with E-state index < -0.39 is 5.91 Å². The van der Waals surface area contributed by atoms with Gasteiger partial charge >= 0.3 is 0 Å². The second kappa shape index (κ2) is 11.3. The number of carbonyl (C=O) groups is 1. The lowest BCUT2D eigenvalue weighted by Crippen LogP contribution is -2.26. The highest BCUT2D eigenvalue weighted by atomic mass is 79.9. The number of halogens is 1. The predicted octanol–water partition coefficient (Wildman–Crippen LogP) is 3.08. The van der Waals surface area contributed by atoms with Gasteiger partial charge in [-0.05, 0) is 46.1 Å². The number of methoxy groups -OCH3 is 2. The highest BCUT2D eigenvalue weighted by molar-refractivity contribution is 9.10. The Kier molecular flexibility index (Phi) is 9.37. The highest BCUT2D eigenvalue weighted by Crippen LogP contribution is 2.37. The second-order valence-electron chi connectivity index (χ2n) is 4.91. The lowest BCUT2D eigenvalue weighted by Gasteiger charge is -2.12. The molecule has 25 heavy (non-hydrogen) atoms. The van der Waals surface area contributed by atoms with E-state index >= 15 is 0 Å². The average Bonchev–Trinajstić information content (AvgIpc) is 2.61. The zero-order chi connectivity index (χ0) is 18.7. The van der Waals surface area contributed by atoms with E-state index in [1.54, 1.807) is 25.3 Å². The fraction of sp³-hybridized carbons (Fsp3) is 0.333. The second-order valence-corrected chi connectivity index (χ2v) is 5.76. The molecule has 0 unspecified atom stereocenters. The zero-order valence-corrected chi connectivity index (χ0v) is 15.9. The molecule has 1 amide bonds. The molecule has 0 aliphatic rings. The average molecular weight is 409 g/mol. The number of amides is 1. The van der Waals surface area contributed by atoms with E-state index in [0.717, 1.165) is 0 Å². The van der Waals surface area contributed by atoms with Crippen molar-refractivity contribution in [2.45, 2.75) is 6.42 Å². The largest absolute Gasteiger partial charge is 0.493 e. The number of nitrogens with zero attached hydrogens (tertiary/aromatic N) is 1. The summed E-state index contributed by atoms with van der Waals surface area (Å²) in [7, 11) is 3.11. The number of nitriles is 1. The summed E-state index contributed by atoms with van der Waals surface area (Å²) in [6.07, 6.45) is 3.80. The number of ether oxygens (including phenoxy) is 3. The molecule has 1 aromatic rings. The molecule has 1 rings (SSSR count). The van der Waals surface area contributed by atoms with Gasteiger partial charge in [-0.25, -0.2) is 0 Å². The smallest absolute Gasteiger partial charge is 0.261 e. The summed E-state index contributed by atoms with van der Waals surface area (Å²) in [6, 6.07) is 5.35. The summed E-state index contributed by atoms with van der Waals surface area (Å²) in [4.78, 5) is 12.1. The molecule has 0 fully saturated rings. The maximum Gasteiger partial charge on any atom is 0.261 e. The molecule has 1 N–H and O–H groups in total. The predicted molar refractivity (Wildman–Crippen MR) is 99.5 cm³/mol. The van der Waals surface area contributed by atoms with E-state index in [4.69, 9.17) is 14.2 Å². The molecular formula is C18H21BrN2O4. The van der Waals surface area contributed by atoms with Crippen LogP contribution in [0.4, 0.5) is 0 Å². The standard InChI is InChI=1S/C18H21BrN2O4/c1-4-7-25-17-15(19)10-13(11-16(17)24-3)9-14(12-20)18(22)21-6-5-8-23-2/h4,9-11H,1,5-8H2,2-3H3,(H,21,22)/b14-9+. The van der Waals surface area contributed by atoms with Crippen LogP contribution in [0.2, 0.25) is 0 Å². The maximum atomic E-state index is 12.1. The first-order chi connectivity index (χ1) is 12.1. The summed E-state index contributed by atoms with van der Waals surface area (Å²) < 4.78 is 16.4. The van der Waals surface area contributed by atoms with Crippen LogP contribution in [0.1, 0.15) is 12.0 Å². The van der Waals surface area contributed by atoms with Crippen LogP contribution < -0.4 is 14.8 Å². The lowest BCUT2D eigenvalue weighted by molar-refractivity contribution is -0.117. The highest BCUT2D eigenvalue weighted by Gasteiger charge is 2.13. The number of nitrogens with one attached hydrogen (secondary N) is 1. The minimum Gasteiger partial charge on any atom is -0.493 e. The van der Waals surface area contributed by atoms with E-state index in [1.165, 1.54) is 13.2 Å². The molecular weight excluding hydrogens is 388 g/mol. The lowest BCUT2D eigenvalue weighted by atomic mass is 10.1. The molecule has 0 spiro atoms. The van der Waals surface area contributed by atoms with Gasteiger partial charge in [0.15, 0.2) is 11.5 Å². The summed E-state index contributed by atoms with van der Waals surface area (Å²) in [5, 5.41) is 11.9. The van der Waals surface area contributed by atoms with Gasteiger partial charge in [0.2, 0.25) is 0 Å². The molecule has 0 bridgehead atoms. The minimum atomic E-state index is -0.430. The van der Waals surface area contributed by atoms with Gasteiger partial charge in [-0.3, -0.25) is 4.79 Å². The van der Waals surface area contributed by atoms with Crippen LogP contribution >= 0.6 is 15.9 Å². The summed E-state index contributed by atoms with van der Waals surface area (Å²) in [6.45, 7) is 4.92. The van der Waals surface area contributed by atoms with Gasteiger partial charge in [0.25, 0.3) is 5.91 Å². The quantitative estimate of drug-likeness (QED) is 0.278. The number of hydrogen-bond acceptors (Lipinski definition) is 5. The Balaban J connectivity index is 2.99. The van der Waals surface area contributed by atoms with Crippen molar-refractivity contribution in [2.75, 3.05) is 34.0 Å². The number of hydrogen-bond donors (Lipinski definition) is 1. The van der Waals surface area contributed by atoms with Gasteiger partial charge in [0.1, 0.15) is 18.2 Å². The topological polar surface area (TPSA) is 80.6 Å². The van der Waals surface area contributed by atoms with Crippen molar-refractivity contribution in [3.8, 4) is 17.6 Å². The molecule has 0 heterocycles. The first-order valence-corrected chi connectivity index (χ1v) is 8.36. The monoisotopic (exact) mass is 408 g/mol. The molecule has 0 saturated carbocycles. The fourth-order valence-corrected chi connectivity index (χ4v) is 2.51. The van der Waals surface area contributed by atoms with Crippen LogP contribution in [0.25, 0.3) is 6.08 Å². The van der Waals surface area contributed by atoms with Crippen molar-refractivity contribution in [3.05, 3.63) is 40.4 Å². The van der Waals surface area contributed by atoms with Crippen LogP contribution in [0.15, 0.2) is 34.8 Å². The van der Waals surface area contributed by atoms with Crippen LogP contribution in [0, 0.1) is 11.3 Å². The van der Waals surface area contributed by atoms with Crippen LogP contribution in [0.5, 0.6) is 11.5 Å². The van der Waals surface area contributed by atoms with E-state index in [1.807, 2.05) is 6.07 Å². The van der Waals surface area contributed by atoms with Crippen LogP contribution in [-0.2, 0) is 9.53 Å². The van der Waals surface area contributed by atoms with E-state index in [9.17, 15) is 10.1 Å². The molecule has 0 saturated heterocycles. The Morgan fingerprint density at radius 2 is 2.20 bits per heavy atom. The molecule has 7 heteroatoms. The molecule has 0 aliphatic heterocycles. The van der Waals surface area contributed by atoms with E-state index in [0.29, 0.717) is 47.7 Å². The third-order valence-electron chi connectivity index (χ3n) is 3.08. The van der Waals surface area contributed by atoms with Crippen molar-refractivity contribution >= 4 is 27.9 Å². The minimum absolute atomic E-state index is 0.00568. The summed E-state index contributed by atoms with van der Waals surface area (Å²) in [5.74, 6) is 0.586. The van der Waals surface area contributed by atoms with Gasteiger partial charge in [0.05, 0.1) is 11.6 Å². The third kappa shape index (κ3) is 6.61. The van der Waals surface area contributed by atoms with Crippen molar-refractivity contribution in [1.82, 2.24) is 5.32 Å². The van der Waals surface area contributed by atoms with E-state index in [-0.39, 0.29) is 5.57 Å². The van der Waals surface area contributed by atoms with Gasteiger partial charge in [-0.1, -0.05) is 12.7 Å². The fourth-order valence-electron chi connectivity index (χ4n) is 1.93. The SMILES string of the molecule is C=CCOc1c(Br)cc(/C=C(\C#N)C(=O)NCCCOC)cc1OC. The van der Waals surface area contributed by atoms with Gasteiger partial charge < -0.3 is 19.5 Å². The first-order valence-electron chi connectivity index (χ1n) is 7.57. The molecule has 0 atom stereocenters. The molecule has 6 nitrogen and oxygen atoms in total.